The molecule has 0 saturated carbocycles. The minimum absolute atomic E-state index is 0.154. The zero-order chi connectivity index (χ0) is 18.9. The van der Waals surface area contributed by atoms with E-state index in [1.54, 1.807) is 16.9 Å². The molecule has 0 spiro atoms. The highest BCUT2D eigenvalue weighted by Crippen LogP contribution is 2.33. The number of sulfonamides is 1. The predicted octanol–water partition coefficient (Wildman–Crippen LogP) is 1.87. The van der Waals surface area contributed by atoms with Crippen LogP contribution in [0.3, 0.4) is 0 Å². The average Bonchev–Trinajstić information content (AvgIpc) is 3.24. The molecule has 146 valence electrons. The van der Waals surface area contributed by atoms with Crippen molar-refractivity contribution in [2.24, 2.45) is 0 Å². The summed E-state index contributed by atoms with van der Waals surface area (Å²) in [5.41, 5.74) is 0.876. The van der Waals surface area contributed by atoms with Crippen molar-refractivity contribution >= 4 is 10.0 Å². The van der Waals surface area contributed by atoms with Crippen molar-refractivity contribution in [1.29, 1.82) is 0 Å². The van der Waals surface area contributed by atoms with Crippen molar-refractivity contribution in [3.8, 4) is 11.5 Å². The van der Waals surface area contributed by atoms with E-state index in [0.717, 1.165) is 18.5 Å². The highest BCUT2D eigenvalue weighted by molar-refractivity contribution is 7.89. The second-order valence-corrected chi connectivity index (χ2v) is 8.31. The van der Waals surface area contributed by atoms with Crippen molar-refractivity contribution in [3.05, 3.63) is 36.2 Å². The molecule has 1 saturated heterocycles. The van der Waals surface area contributed by atoms with E-state index in [1.165, 1.54) is 12.1 Å². The van der Waals surface area contributed by atoms with Gasteiger partial charge in [-0.15, -0.1) is 0 Å². The van der Waals surface area contributed by atoms with Gasteiger partial charge in [-0.3, -0.25) is 4.68 Å². The molecule has 3 heterocycles. The minimum Gasteiger partial charge on any atom is -0.490 e. The Morgan fingerprint density at radius 1 is 1.22 bits per heavy atom. The fourth-order valence-electron chi connectivity index (χ4n) is 3.32. The third-order valence-corrected chi connectivity index (χ3v) is 6.22. The Balaban J connectivity index is 1.54. The van der Waals surface area contributed by atoms with Crippen molar-refractivity contribution < 1.29 is 22.6 Å². The van der Waals surface area contributed by atoms with Gasteiger partial charge in [0.2, 0.25) is 10.0 Å². The number of fused-ring (bicyclic) bond motifs is 1. The normalized spacial score (nSPS) is 22.6. The summed E-state index contributed by atoms with van der Waals surface area (Å²) in [6.07, 6.45) is 4.65. The lowest BCUT2D eigenvalue weighted by molar-refractivity contribution is 0.102. The zero-order valence-corrected chi connectivity index (χ0v) is 15.9. The van der Waals surface area contributed by atoms with Crippen LogP contribution in [0.25, 0.3) is 0 Å². The number of ether oxygens (including phenoxy) is 3. The van der Waals surface area contributed by atoms with Crippen LogP contribution in [0.15, 0.2) is 35.5 Å². The fourth-order valence-corrected chi connectivity index (χ4v) is 4.60. The number of nitrogens with one attached hydrogen (secondary N) is 1. The molecule has 0 bridgehead atoms. The predicted molar refractivity (Wildman–Crippen MR) is 97.4 cm³/mol. The lowest BCUT2D eigenvalue weighted by Gasteiger charge is -2.19. The number of aryl methyl sites for hydroxylation is 1. The molecule has 0 unspecified atom stereocenters. The maximum absolute atomic E-state index is 12.9. The van der Waals surface area contributed by atoms with E-state index < -0.39 is 10.0 Å². The molecule has 9 heteroatoms. The third kappa shape index (κ3) is 3.80. The van der Waals surface area contributed by atoms with Crippen molar-refractivity contribution in [1.82, 2.24) is 14.5 Å². The Bertz CT molecular complexity index is 911. The second-order valence-electron chi connectivity index (χ2n) is 6.60. The first-order chi connectivity index (χ1) is 13.1. The summed E-state index contributed by atoms with van der Waals surface area (Å²) in [5, 5.41) is 4.25. The number of rotatable bonds is 5. The van der Waals surface area contributed by atoms with Crippen molar-refractivity contribution in [3.63, 3.8) is 0 Å². The number of benzene rings is 1. The van der Waals surface area contributed by atoms with Crippen LogP contribution in [-0.2, 0) is 21.3 Å². The standard InChI is InChI=1S/C18H23N3O5S/c1-2-21-12-13(11-19-21)18-15(6-9-26-18)20-27(22,23)14-4-5-16-17(10-14)25-8-3-7-24-16/h4-5,10-12,15,18,20H,2-3,6-9H2,1H3/t15-,18+/m0/s1. The molecular formula is C18H23N3O5S. The molecule has 2 atom stereocenters. The maximum Gasteiger partial charge on any atom is 0.241 e. The van der Waals surface area contributed by atoms with E-state index in [9.17, 15) is 8.42 Å². The third-order valence-electron chi connectivity index (χ3n) is 4.73. The molecule has 1 fully saturated rings. The van der Waals surface area contributed by atoms with Gasteiger partial charge in [-0.05, 0) is 25.5 Å². The largest absolute Gasteiger partial charge is 0.490 e. The van der Waals surface area contributed by atoms with Crippen LogP contribution in [0.4, 0.5) is 0 Å². The summed E-state index contributed by atoms with van der Waals surface area (Å²) in [6, 6.07) is 4.35. The van der Waals surface area contributed by atoms with Crippen LogP contribution in [0, 0.1) is 0 Å². The van der Waals surface area contributed by atoms with Crippen LogP contribution in [-0.4, -0.2) is 44.1 Å². The van der Waals surface area contributed by atoms with E-state index in [2.05, 4.69) is 9.82 Å². The lowest BCUT2D eigenvalue weighted by Crippen LogP contribution is -2.36. The summed E-state index contributed by atoms with van der Waals surface area (Å²) >= 11 is 0. The molecular weight excluding hydrogens is 370 g/mol. The lowest BCUT2D eigenvalue weighted by atomic mass is 10.1. The van der Waals surface area contributed by atoms with Crippen molar-refractivity contribution in [2.75, 3.05) is 19.8 Å². The minimum atomic E-state index is -3.72. The molecule has 1 aromatic heterocycles. The summed E-state index contributed by atoms with van der Waals surface area (Å²) in [6.45, 7) is 4.31. The molecule has 0 aliphatic carbocycles. The van der Waals surface area contributed by atoms with Crippen LogP contribution < -0.4 is 14.2 Å². The van der Waals surface area contributed by atoms with Gasteiger partial charge in [-0.1, -0.05) is 0 Å². The second kappa shape index (κ2) is 7.49. The van der Waals surface area contributed by atoms with Gasteiger partial charge in [0, 0.05) is 37.4 Å². The van der Waals surface area contributed by atoms with Crippen LogP contribution in [0.1, 0.15) is 31.4 Å². The van der Waals surface area contributed by atoms with E-state index >= 15 is 0 Å². The topological polar surface area (TPSA) is 91.7 Å². The monoisotopic (exact) mass is 393 g/mol. The van der Waals surface area contributed by atoms with Gasteiger partial charge in [0.1, 0.15) is 6.10 Å². The van der Waals surface area contributed by atoms with E-state index in [4.69, 9.17) is 14.2 Å². The first-order valence-electron chi connectivity index (χ1n) is 9.13. The van der Waals surface area contributed by atoms with E-state index in [-0.39, 0.29) is 17.0 Å². The summed E-state index contributed by atoms with van der Waals surface area (Å²) in [5.74, 6) is 1.03. The number of nitrogens with zero attached hydrogens (tertiary/aromatic N) is 2. The molecule has 0 radical (unpaired) electrons. The van der Waals surface area contributed by atoms with E-state index in [1.807, 2.05) is 13.1 Å². The van der Waals surface area contributed by atoms with Gasteiger partial charge in [-0.2, -0.15) is 5.10 Å². The Morgan fingerprint density at radius 2 is 2.04 bits per heavy atom. The van der Waals surface area contributed by atoms with Gasteiger partial charge in [0.05, 0.1) is 30.3 Å². The molecule has 2 aliphatic heterocycles. The number of aromatic nitrogens is 2. The average molecular weight is 393 g/mol. The van der Waals surface area contributed by atoms with Gasteiger partial charge in [0.15, 0.2) is 11.5 Å². The molecule has 27 heavy (non-hydrogen) atoms. The Hall–Kier alpha value is -2.10. The smallest absolute Gasteiger partial charge is 0.241 e. The fraction of sp³-hybridized carbons (Fsp3) is 0.500. The first-order valence-corrected chi connectivity index (χ1v) is 10.6. The zero-order valence-electron chi connectivity index (χ0n) is 15.1. The molecule has 2 aliphatic rings. The van der Waals surface area contributed by atoms with Gasteiger partial charge >= 0.3 is 0 Å². The molecule has 0 amide bonds. The summed E-state index contributed by atoms with van der Waals surface area (Å²) in [7, 11) is -3.72. The van der Waals surface area contributed by atoms with Crippen LogP contribution in [0.2, 0.25) is 0 Å². The van der Waals surface area contributed by atoms with Crippen LogP contribution >= 0.6 is 0 Å². The molecule has 2 aromatic rings. The molecule has 4 rings (SSSR count). The van der Waals surface area contributed by atoms with Crippen molar-refractivity contribution in [2.45, 2.75) is 43.4 Å². The highest BCUT2D eigenvalue weighted by atomic mass is 32.2. The molecule has 1 aromatic carbocycles. The first kappa shape index (κ1) is 18.3. The van der Waals surface area contributed by atoms with Gasteiger partial charge in [-0.25, -0.2) is 13.1 Å². The molecule has 8 nitrogen and oxygen atoms in total. The summed E-state index contributed by atoms with van der Waals surface area (Å²) < 4.78 is 47.4. The SMILES string of the molecule is CCn1cc([C@H]2OCC[C@@H]2NS(=O)(=O)c2ccc3c(c2)OCCCO3)cn1. The highest BCUT2D eigenvalue weighted by Gasteiger charge is 2.34. The summed E-state index contributed by atoms with van der Waals surface area (Å²) in [4.78, 5) is 0.154. The Morgan fingerprint density at radius 3 is 2.81 bits per heavy atom. The van der Waals surface area contributed by atoms with Gasteiger partial charge in [0.25, 0.3) is 0 Å². The van der Waals surface area contributed by atoms with Crippen LogP contribution in [0.5, 0.6) is 11.5 Å². The van der Waals surface area contributed by atoms with Gasteiger partial charge < -0.3 is 14.2 Å². The molecule has 1 N–H and O–H groups in total. The van der Waals surface area contributed by atoms with E-state index in [0.29, 0.717) is 37.7 Å². The quantitative estimate of drug-likeness (QED) is 0.834. The Kier molecular flexibility index (Phi) is 5.07. The number of hydrogen-bond acceptors (Lipinski definition) is 6. The number of hydrogen-bond donors (Lipinski definition) is 1. The Labute approximate surface area is 158 Å². The maximum atomic E-state index is 12.9.